The highest BCUT2D eigenvalue weighted by molar-refractivity contribution is 6.44. The number of carbonyl (C=O) groups excluding carboxylic acids is 2. The molecule has 0 saturated heterocycles. The lowest BCUT2D eigenvalue weighted by Crippen LogP contribution is -2.42. The summed E-state index contributed by atoms with van der Waals surface area (Å²) < 4.78 is 0. The number of anilines is 2. The second kappa shape index (κ2) is 6.02. The van der Waals surface area contributed by atoms with Gasteiger partial charge in [0.2, 0.25) is 0 Å². The second-order valence-corrected chi connectivity index (χ2v) is 5.46. The minimum atomic E-state index is -0.592. The number of para-hydroxylation sites is 2. The molecule has 1 aliphatic heterocycles. The van der Waals surface area contributed by atoms with Gasteiger partial charge in [-0.3, -0.25) is 9.59 Å². The number of nitrogens with one attached hydrogen (secondary N) is 1. The molecule has 0 aromatic heterocycles. The minimum absolute atomic E-state index is 0.504. The fraction of sp³-hybridized carbons (Fsp3) is 0.222. The van der Waals surface area contributed by atoms with Crippen LogP contribution in [0, 0.1) is 6.92 Å². The van der Waals surface area contributed by atoms with Crippen molar-refractivity contribution in [1.82, 2.24) is 0 Å². The average molecular weight is 294 g/mol. The molecule has 0 fully saturated rings. The van der Waals surface area contributed by atoms with E-state index in [-0.39, 0.29) is 0 Å². The van der Waals surface area contributed by atoms with Gasteiger partial charge in [-0.05, 0) is 43.0 Å². The number of carbonyl (C=O) groups is 2. The van der Waals surface area contributed by atoms with E-state index in [1.807, 2.05) is 49.4 Å². The molecule has 3 rings (SSSR count). The van der Waals surface area contributed by atoms with E-state index < -0.39 is 11.8 Å². The zero-order valence-electron chi connectivity index (χ0n) is 12.5. The number of aryl methyl sites for hydroxylation is 2. The van der Waals surface area contributed by atoms with Crippen LogP contribution in [-0.4, -0.2) is 18.4 Å². The lowest BCUT2D eigenvalue weighted by molar-refractivity contribution is -0.134. The van der Waals surface area contributed by atoms with Crippen molar-refractivity contribution in [1.29, 1.82) is 0 Å². The molecule has 2 aromatic rings. The Hall–Kier alpha value is -2.62. The van der Waals surface area contributed by atoms with Gasteiger partial charge >= 0.3 is 11.8 Å². The first-order chi connectivity index (χ1) is 10.7. The highest BCUT2D eigenvalue weighted by Gasteiger charge is 2.27. The summed E-state index contributed by atoms with van der Waals surface area (Å²) in [5.41, 5.74) is 3.57. The third-order valence-electron chi connectivity index (χ3n) is 3.94. The molecule has 0 unspecified atom stereocenters. The molecule has 1 aliphatic rings. The quantitative estimate of drug-likeness (QED) is 0.822. The summed E-state index contributed by atoms with van der Waals surface area (Å²) in [6.45, 7) is 2.48. The SMILES string of the molecule is Cc1ccccc1NC(=O)C(=O)N1CCCc2ccccc21. The summed E-state index contributed by atoms with van der Waals surface area (Å²) in [5, 5.41) is 2.71. The molecule has 112 valence electrons. The number of amides is 2. The van der Waals surface area contributed by atoms with Crippen molar-refractivity contribution in [2.45, 2.75) is 19.8 Å². The fourth-order valence-electron chi connectivity index (χ4n) is 2.76. The van der Waals surface area contributed by atoms with Crippen molar-refractivity contribution < 1.29 is 9.59 Å². The lowest BCUT2D eigenvalue weighted by Gasteiger charge is -2.28. The molecule has 0 aliphatic carbocycles. The number of hydrogen-bond acceptors (Lipinski definition) is 2. The van der Waals surface area contributed by atoms with Crippen LogP contribution in [0.3, 0.4) is 0 Å². The van der Waals surface area contributed by atoms with Gasteiger partial charge in [-0.15, -0.1) is 0 Å². The van der Waals surface area contributed by atoms with Gasteiger partial charge in [0, 0.05) is 17.9 Å². The van der Waals surface area contributed by atoms with Crippen molar-refractivity contribution in [3.05, 3.63) is 59.7 Å². The highest BCUT2D eigenvalue weighted by atomic mass is 16.2. The summed E-state index contributed by atoms with van der Waals surface area (Å²) >= 11 is 0. The van der Waals surface area contributed by atoms with Crippen LogP contribution in [0.25, 0.3) is 0 Å². The van der Waals surface area contributed by atoms with E-state index in [4.69, 9.17) is 0 Å². The Balaban J connectivity index is 1.80. The van der Waals surface area contributed by atoms with E-state index in [9.17, 15) is 9.59 Å². The van der Waals surface area contributed by atoms with Crippen molar-refractivity contribution in [2.75, 3.05) is 16.8 Å². The third-order valence-corrected chi connectivity index (χ3v) is 3.94. The van der Waals surface area contributed by atoms with Crippen molar-refractivity contribution in [3.63, 3.8) is 0 Å². The molecule has 1 N–H and O–H groups in total. The third kappa shape index (κ3) is 2.72. The van der Waals surface area contributed by atoms with Crippen molar-refractivity contribution in [3.8, 4) is 0 Å². The van der Waals surface area contributed by atoms with E-state index in [2.05, 4.69) is 5.32 Å². The van der Waals surface area contributed by atoms with Crippen LogP contribution in [0.5, 0.6) is 0 Å². The minimum Gasteiger partial charge on any atom is -0.318 e. The maximum atomic E-state index is 12.5. The molecule has 0 saturated carbocycles. The molecular weight excluding hydrogens is 276 g/mol. The van der Waals surface area contributed by atoms with Gasteiger partial charge < -0.3 is 10.2 Å². The zero-order valence-corrected chi connectivity index (χ0v) is 12.5. The molecule has 4 nitrogen and oxygen atoms in total. The van der Waals surface area contributed by atoms with Gasteiger partial charge in [0.25, 0.3) is 0 Å². The number of fused-ring (bicyclic) bond motifs is 1. The summed E-state index contributed by atoms with van der Waals surface area (Å²) in [6.07, 6.45) is 1.82. The van der Waals surface area contributed by atoms with Gasteiger partial charge in [0.15, 0.2) is 0 Å². The molecule has 22 heavy (non-hydrogen) atoms. The van der Waals surface area contributed by atoms with Gasteiger partial charge in [-0.25, -0.2) is 0 Å². The van der Waals surface area contributed by atoms with Gasteiger partial charge in [0.05, 0.1) is 0 Å². The van der Waals surface area contributed by atoms with E-state index in [0.29, 0.717) is 12.2 Å². The smallest absolute Gasteiger partial charge is 0.316 e. The van der Waals surface area contributed by atoms with Crippen LogP contribution in [-0.2, 0) is 16.0 Å². The summed E-state index contributed by atoms with van der Waals surface area (Å²) in [4.78, 5) is 26.3. The Morgan fingerprint density at radius 3 is 2.59 bits per heavy atom. The monoisotopic (exact) mass is 294 g/mol. The molecule has 0 bridgehead atoms. The molecule has 2 amide bonds. The maximum absolute atomic E-state index is 12.5. The first-order valence-electron chi connectivity index (χ1n) is 7.43. The largest absolute Gasteiger partial charge is 0.318 e. The van der Waals surface area contributed by atoms with Gasteiger partial charge in [0.1, 0.15) is 0 Å². The number of benzene rings is 2. The average Bonchev–Trinajstić information content (AvgIpc) is 2.55. The lowest BCUT2D eigenvalue weighted by atomic mass is 10.0. The van der Waals surface area contributed by atoms with Crippen LogP contribution < -0.4 is 10.2 Å². The Bertz CT molecular complexity index is 725. The first kappa shape index (κ1) is 14.3. The fourth-order valence-corrected chi connectivity index (χ4v) is 2.76. The molecule has 0 atom stereocenters. The Morgan fingerprint density at radius 2 is 1.77 bits per heavy atom. The van der Waals surface area contributed by atoms with Gasteiger partial charge in [-0.1, -0.05) is 36.4 Å². The molecule has 4 heteroatoms. The molecule has 1 heterocycles. The van der Waals surface area contributed by atoms with E-state index in [0.717, 1.165) is 29.7 Å². The van der Waals surface area contributed by atoms with E-state index in [1.54, 1.807) is 11.0 Å². The van der Waals surface area contributed by atoms with Gasteiger partial charge in [-0.2, -0.15) is 0 Å². The summed E-state index contributed by atoms with van der Waals surface area (Å²) in [5.74, 6) is -1.10. The second-order valence-electron chi connectivity index (χ2n) is 5.46. The van der Waals surface area contributed by atoms with E-state index >= 15 is 0 Å². The maximum Gasteiger partial charge on any atom is 0.316 e. The van der Waals surface area contributed by atoms with Crippen LogP contribution in [0.2, 0.25) is 0 Å². The van der Waals surface area contributed by atoms with Crippen LogP contribution >= 0.6 is 0 Å². The first-order valence-corrected chi connectivity index (χ1v) is 7.43. The Labute approximate surface area is 129 Å². The Kier molecular flexibility index (Phi) is 3.92. The zero-order chi connectivity index (χ0) is 15.5. The molecule has 2 aromatic carbocycles. The Morgan fingerprint density at radius 1 is 1.05 bits per heavy atom. The molecule has 0 spiro atoms. The predicted molar refractivity (Wildman–Crippen MR) is 86.9 cm³/mol. The van der Waals surface area contributed by atoms with Crippen LogP contribution in [0.15, 0.2) is 48.5 Å². The number of rotatable bonds is 1. The van der Waals surface area contributed by atoms with Crippen LogP contribution in [0.4, 0.5) is 11.4 Å². The summed E-state index contributed by atoms with van der Waals surface area (Å²) in [7, 11) is 0. The predicted octanol–water partition coefficient (Wildman–Crippen LogP) is 2.91. The van der Waals surface area contributed by atoms with Crippen LogP contribution in [0.1, 0.15) is 17.5 Å². The highest BCUT2D eigenvalue weighted by Crippen LogP contribution is 2.27. The summed E-state index contributed by atoms with van der Waals surface area (Å²) in [6, 6.07) is 15.2. The standard InChI is InChI=1S/C18H18N2O2/c1-13-7-2-4-10-15(13)19-17(21)18(22)20-12-6-9-14-8-3-5-11-16(14)20/h2-5,7-8,10-11H,6,9,12H2,1H3,(H,19,21). The number of hydrogen-bond donors (Lipinski definition) is 1. The van der Waals surface area contributed by atoms with Crippen molar-refractivity contribution in [2.24, 2.45) is 0 Å². The van der Waals surface area contributed by atoms with Crippen molar-refractivity contribution >= 4 is 23.2 Å². The molecule has 0 radical (unpaired) electrons. The number of nitrogens with zero attached hydrogens (tertiary/aromatic N) is 1. The van der Waals surface area contributed by atoms with E-state index in [1.165, 1.54) is 0 Å². The normalized spacial score (nSPS) is 13.4. The topological polar surface area (TPSA) is 49.4 Å². The molecular formula is C18H18N2O2.